The minimum absolute atomic E-state index is 0.217. The van der Waals surface area contributed by atoms with E-state index in [-0.39, 0.29) is 6.54 Å². The molecule has 0 radical (unpaired) electrons. The number of rotatable bonds is 9. The van der Waals surface area contributed by atoms with Gasteiger partial charge in [-0.1, -0.05) is 0 Å². The highest BCUT2D eigenvalue weighted by molar-refractivity contribution is 7.59. The van der Waals surface area contributed by atoms with Crippen LogP contribution in [0.5, 0.6) is 0 Å². The van der Waals surface area contributed by atoms with Crippen LogP contribution in [0.2, 0.25) is 0 Å². The van der Waals surface area contributed by atoms with Gasteiger partial charge in [0.2, 0.25) is 0 Å². The van der Waals surface area contributed by atoms with E-state index in [0.717, 1.165) is 16.8 Å². The van der Waals surface area contributed by atoms with Crippen molar-refractivity contribution < 1.29 is 47.2 Å². The highest BCUT2D eigenvalue weighted by Gasteiger charge is 2.44. The molecule has 160 valence electrons. The molecule has 0 amide bonds. The number of hydrogen-bond donors (Lipinski definition) is 4. The van der Waals surface area contributed by atoms with E-state index in [9.17, 15) is 38.7 Å². The van der Waals surface area contributed by atoms with E-state index in [4.69, 9.17) is 10.5 Å². The molecule has 1 fully saturated rings. The Morgan fingerprint density at radius 2 is 1.86 bits per heavy atom. The lowest BCUT2D eigenvalue weighted by atomic mass is 10.1. The van der Waals surface area contributed by atoms with E-state index in [1.165, 1.54) is 0 Å². The lowest BCUT2D eigenvalue weighted by Gasteiger charge is -2.31. The van der Waals surface area contributed by atoms with Crippen molar-refractivity contribution in [2.75, 3.05) is 19.8 Å². The number of H-pyrrole nitrogens is 1. The third kappa shape index (κ3) is 5.89. The predicted molar refractivity (Wildman–Crippen MR) is 84.5 cm³/mol. The van der Waals surface area contributed by atoms with Crippen LogP contribution in [0.4, 0.5) is 0 Å². The second-order valence-corrected chi connectivity index (χ2v) is 8.42. The number of phosphoric acid groups is 2. The normalized spacial score (nSPS) is 29.3. The van der Waals surface area contributed by atoms with Gasteiger partial charge in [0.05, 0.1) is 13.2 Å². The van der Waals surface area contributed by atoms with E-state index >= 15 is 0 Å². The first-order chi connectivity index (χ1) is 13.0. The Morgan fingerprint density at radius 1 is 1.21 bits per heavy atom. The molecule has 15 nitrogen and oxygen atoms in total. The van der Waals surface area contributed by atoms with Gasteiger partial charge in [0, 0.05) is 18.8 Å². The SMILES string of the molecule is NCCOP(=O)([O-])OP(=O)([O-])OCC1OC(n2ccc(=O)[nH]c2=O)C(O)C1O. The summed E-state index contributed by atoms with van der Waals surface area (Å²) in [6.07, 6.45) is -5.37. The molecular weight excluding hydrogens is 428 g/mol. The molecule has 1 aliphatic heterocycles. The zero-order chi connectivity index (χ0) is 21.1. The molecule has 0 bridgehead atoms. The minimum Gasteiger partial charge on any atom is -0.756 e. The molecule has 0 aliphatic carbocycles. The Bertz CT molecular complexity index is 886. The number of aromatic amines is 1. The van der Waals surface area contributed by atoms with Crippen LogP contribution >= 0.6 is 15.6 Å². The largest absolute Gasteiger partial charge is 0.756 e. The van der Waals surface area contributed by atoms with Crippen molar-refractivity contribution >= 4 is 15.6 Å². The first-order valence-corrected chi connectivity index (χ1v) is 10.5. The van der Waals surface area contributed by atoms with Crippen LogP contribution in [-0.4, -0.2) is 57.8 Å². The summed E-state index contributed by atoms with van der Waals surface area (Å²) in [5, 5.41) is 20.0. The lowest BCUT2D eigenvalue weighted by molar-refractivity contribution is -0.245. The smallest absolute Gasteiger partial charge is 0.330 e. The van der Waals surface area contributed by atoms with Gasteiger partial charge in [-0.3, -0.25) is 23.5 Å². The summed E-state index contributed by atoms with van der Waals surface area (Å²) >= 11 is 0. The third-order valence-electron chi connectivity index (χ3n) is 3.43. The van der Waals surface area contributed by atoms with Crippen molar-refractivity contribution in [2.45, 2.75) is 24.5 Å². The zero-order valence-electron chi connectivity index (χ0n) is 14.0. The molecule has 1 saturated heterocycles. The molecule has 0 aromatic carbocycles. The number of nitrogens with two attached hydrogens (primary N) is 1. The Morgan fingerprint density at radius 3 is 2.46 bits per heavy atom. The van der Waals surface area contributed by atoms with Gasteiger partial charge >= 0.3 is 5.69 Å². The molecule has 2 heterocycles. The Labute approximate surface area is 156 Å². The zero-order valence-corrected chi connectivity index (χ0v) is 15.8. The maximum atomic E-state index is 11.7. The van der Waals surface area contributed by atoms with Crippen molar-refractivity contribution in [1.29, 1.82) is 0 Å². The van der Waals surface area contributed by atoms with Crippen molar-refractivity contribution in [3.63, 3.8) is 0 Å². The molecule has 0 spiro atoms. The van der Waals surface area contributed by atoms with E-state index in [0.29, 0.717) is 0 Å². The van der Waals surface area contributed by atoms with Crippen LogP contribution in [0.3, 0.4) is 0 Å². The molecule has 5 N–H and O–H groups in total. The topological polar surface area (TPSA) is 239 Å². The number of phosphoric ester groups is 2. The van der Waals surface area contributed by atoms with Crippen LogP contribution < -0.4 is 26.8 Å². The number of nitrogens with zero attached hydrogens (tertiary/aromatic N) is 1. The van der Waals surface area contributed by atoms with Gasteiger partial charge in [-0.15, -0.1) is 0 Å². The predicted octanol–water partition coefficient (Wildman–Crippen LogP) is -3.90. The second-order valence-electron chi connectivity index (χ2n) is 5.46. The third-order valence-corrected chi connectivity index (χ3v) is 5.99. The van der Waals surface area contributed by atoms with Gasteiger partial charge in [0.15, 0.2) is 6.23 Å². The van der Waals surface area contributed by atoms with E-state index in [2.05, 4.69) is 13.4 Å². The van der Waals surface area contributed by atoms with Gasteiger partial charge in [-0.25, -0.2) is 9.11 Å². The van der Waals surface area contributed by atoms with Gasteiger partial charge in [-0.05, 0) is 0 Å². The monoisotopic (exact) mass is 445 g/mol. The summed E-state index contributed by atoms with van der Waals surface area (Å²) in [6, 6.07) is 0.959. The quantitative estimate of drug-likeness (QED) is 0.266. The summed E-state index contributed by atoms with van der Waals surface area (Å²) in [5.74, 6) is 0. The molecule has 2 rings (SSSR count). The summed E-state index contributed by atoms with van der Waals surface area (Å²) in [4.78, 5) is 47.6. The summed E-state index contributed by atoms with van der Waals surface area (Å²) in [7, 11) is -10.7. The van der Waals surface area contributed by atoms with Gasteiger partial charge < -0.3 is 39.5 Å². The van der Waals surface area contributed by atoms with Crippen molar-refractivity contribution in [1.82, 2.24) is 9.55 Å². The number of aromatic nitrogens is 2. The minimum atomic E-state index is -5.44. The molecule has 1 aliphatic rings. The summed E-state index contributed by atoms with van der Waals surface area (Å²) in [5.41, 5.74) is 3.36. The Kier molecular flexibility index (Phi) is 7.47. The fourth-order valence-electron chi connectivity index (χ4n) is 2.22. The van der Waals surface area contributed by atoms with Gasteiger partial charge in [0.1, 0.15) is 18.3 Å². The molecule has 28 heavy (non-hydrogen) atoms. The Balaban J connectivity index is 2.03. The standard InChI is InChI=1S/C11H19N3O12P2/c12-2-4-23-27(19,20)26-28(21,22)24-5-6-8(16)9(17)10(25-6)14-3-1-7(15)13-11(14)18/h1,3,6,8-10,16-17H,2,4-5,12H2,(H,19,20)(H,21,22)(H,13,15,18)/p-2. The van der Waals surface area contributed by atoms with E-state index in [1.54, 1.807) is 0 Å². The van der Waals surface area contributed by atoms with Gasteiger partial charge in [-0.2, -0.15) is 0 Å². The molecule has 6 atom stereocenters. The maximum Gasteiger partial charge on any atom is 0.330 e. The number of nitrogens with one attached hydrogen (secondary N) is 1. The van der Waals surface area contributed by atoms with Gasteiger partial charge in [0.25, 0.3) is 21.2 Å². The van der Waals surface area contributed by atoms with E-state index in [1.807, 2.05) is 4.98 Å². The first kappa shape index (κ1) is 23.1. The molecule has 1 aromatic rings. The lowest BCUT2D eigenvalue weighted by Crippen LogP contribution is -2.37. The average Bonchev–Trinajstić information content (AvgIpc) is 2.86. The van der Waals surface area contributed by atoms with E-state index < -0.39 is 64.6 Å². The molecule has 17 heteroatoms. The van der Waals surface area contributed by atoms with Crippen LogP contribution in [0.1, 0.15) is 6.23 Å². The van der Waals surface area contributed by atoms with Crippen molar-refractivity contribution in [3.05, 3.63) is 33.1 Å². The number of ether oxygens (including phenoxy) is 1. The summed E-state index contributed by atoms with van der Waals surface area (Å²) in [6.45, 7) is -1.69. The molecular formula is C11H17N3O12P2-2. The first-order valence-electron chi connectivity index (χ1n) is 7.61. The fourth-order valence-corrected chi connectivity index (χ4v) is 4.24. The summed E-state index contributed by atoms with van der Waals surface area (Å²) < 4.78 is 41.1. The number of hydrogen-bond acceptors (Lipinski definition) is 13. The highest BCUT2D eigenvalue weighted by atomic mass is 31.3. The van der Waals surface area contributed by atoms with Crippen molar-refractivity contribution in [2.24, 2.45) is 5.73 Å². The Hall–Kier alpha value is -1.22. The number of aliphatic hydroxyl groups is 2. The molecule has 6 unspecified atom stereocenters. The van der Waals surface area contributed by atoms with Crippen LogP contribution in [0.25, 0.3) is 0 Å². The number of aliphatic hydroxyl groups excluding tert-OH is 2. The maximum absolute atomic E-state index is 11.7. The van der Waals surface area contributed by atoms with Crippen molar-refractivity contribution in [3.8, 4) is 0 Å². The molecule has 1 aromatic heterocycles. The van der Waals surface area contributed by atoms with Crippen LogP contribution in [0.15, 0.2) is 21.9 Å². The fraction of sp³-hybridized carbons (Fsp3) is 0.636. The second kappa shape index (κ2) is 9.07. The molecule has 0 saturated carbocycles. The highest BCUT2D eigenvalue weighted by Crippen LogP contribution is 2.55. The average molecular weight is 445 g/mol. The van der Waals surface area contributed by atoms with Crippen LogP contribution in [0, 0.1) is 0 Å². The van der Waals surface area contributed by atoms with Crippen LogP contribution in [-0.2, 0) is 27.2 Å².